The van der Waals surface area contributed by atoms with Crippen molar-refractivity contribution in [3.05, 3.63) is 36.4 Å². The number of aromatic nitrogens is 4. The Balaban J connectivity index is 2.02. The van der Waals surface area contributed by atoms with Crippen LogP contribution in [0.15, 0.2) is 24.8 Å². The number of nitrogens with one attached hydrogen (secondary N) is 4. The first kappa shape index (κ1) is 18.7. The highest BCUT2D eigenvalue weighted by Crippen LogP contribution is 2.18. The quantitative estimate of drug-likeness (QED) is 0.352. The minimum absolute atomic E-state index is 0.230. The third-order valence-corrected chi connectivity index (χ3v) is 4.42. The molecular formula is C18H32N6. The summed E-state index contributed by atoms with van der Waals surface area (Å²) >= 11 is 0. The molecule has 2 heterocycles. The van der Waals surface area contributed by atoms with Crippen LogP contribution in [0, 0.1) is 0 Å². The summed E-state index contributed by atoms with van der Waals surface area (Å²) in [5.74, 6) is 2.01. The molecule has 6 nitrogen and oxygen atoms in total. The molecule has 2 aromatic heterocycles. The standard InChI is InChI=1S/C18H32N6/c1-4-7-8-9-16(23-14(5-2)17-19-10-11-20-17)24-15(6-3)18-21-12-13-22-18/h10-16,23-24H,4-9H2,1-3H3,(H,19,20)(H,21,22). The van der Waals surface area contributed by atoms with E-state index in [2.05, 4.69) is 51.3 Å². The molecule has 2 atom stereocenters. The summed E-state index contributed by atoms with van der Waals surface area (Å²) < 4.78 is 0. The van der Waals surface area contributed by atoms with Crippen molar-refractivity contribution in [1.29, 1.82) is 0 Å². The second-order valence-corrected chi connectivity index (χ2v) is 6.25. The van der Waals surface area contributed by atoms with Crippen molar-refractivity contribution >= 4 is 0 Å². The maximum atomic E-state index is 4.42. The molecule has 0 radical (unpaired) electrons. The Morgan fingerprint density at radius 3 is 1.79 bits per heavy atom. The van der Waals surface area contributed by atoms with Gasteiger partial charge in [0.1, 0.15) is 11.6 Å². The van der Waals surface area contributed by atoms with Gasteiger partial charge in [-0.2, -0.15) is 0 Å². The highest BCUT2D eigenvalue weighted by atomic mass is 15.2. The van der Waals surface area contributed by atoms with E-state index in [1.54, 1.807) is 0 Å². The maximum Gasteiger partial charge on any atom is 0.123 e. The first-order valence-corrected chi connectivity index (χ1v) is 9.29. The fraction of sp³-hybridized carbons (Fsp3) is 0.667. The van der Waals surface area contributed by atoms with Gasteiger partial charge in [0.05, 0.1) is 18.2 Å². The fourth-order valence-electron chi connectivity index (χ4n) is 3.02. The van der Waals surface area contributed by atoms with Gasteiger partial charge < -0.3 is 9.97 Å². The van der Waals surface area contributed by atoms with Crippen molar-refractivity contribution in [3.63, 3.8) is 0 Å². The topological polar surface area (TPSA) is 81.4 Å². The lowest BCUT2D eigenvalue weighted by atomic mass is 10.1. The van der Waals surface area contributed by atoms with Crippen molar-refractivity contribution in [1.82, 2.24) is 30.6 Å². The Morgan fingerprint density at radius 2 is 1.42 bits per heavy atom. The number of hydrogen-bond donors (Lipinski definition) is 4. The molecule has 24 heavy (non-hydrogen) atoms. The zero-order valence-electron chi connectivity index (χ0n) is 15.2. The van der Waals surface area contributed by atoms with Gasteiger partial charge in [-0.15, -0.1) is 0 Å². The van der Waals surface area contributed by atoms with Crippen LogP contribution in [0.2, 0.25) is 0 Å². The monoisotopic (exact) mass is 332 g/mol. The van der Waals surface area contributed by atoms with E-state index in [0.717, 1.165) is 30.9 Å². The molecule has 2 unspecified atom stereocenters. The minimum Gasteiger partial charge on any atom is -0.347 e. The van der Waals surface area contributed by atoms with Crippen LogP contribution in [0.4, 0.5) is 0 Å². The maximum absolute atomic E-state index is 4.42. The molecule has 0 aliphatic carbocycles. The van der Waals surface area contributed by atoms with E-state index < -0.39 is 0 Å². The predicted octanol–water partition coefficient (Wildman–Crippen LogP) is 3.82. The van der Waals surface area contributed by atoms with Crippen LogP contribution in [0.5, 0.6) is 0 Å². The highest BCUT2D eigenvalue weighted by Gasteiger charge is 2.21. The van der Waals surface area contributed by atoms with Gasteiger partial charge >= 0.3 is 0 Å². The van der Waals surface area contributed by atoms with E-state index in [1.165, 1.54) is 19.3 Å². The summed E-state index contributed by atoms with van der Waals surface area (Å²) in [7, 11) is 0. The number of nitrogens with zero attached hydrogens (tertiary/aromatic N) is 2. The zero-order chi connectivity index (χ0) is 17.2. The summed E-state index contributed by atoms with van der Waals surface area (Å²) in [5.41, 5.74) is 0. The van der Waals surface area contributed by atoms with Crippen LogP contribution in [0.1, 0.15) is 83.0 Å². The zero-order valence-corrected chi connectivity index (χ0v) is 15.2. The molecule has 4 N–H and O–H groups in total. The number of rotatable bonds is 12. The third kappa shape index (κ3) is 5.46. The number of aromatic amines is 2. The molecule has 0 aliphatic heterocycles. The van der Waals surface area contributed by atoms with Crippen molar-refractivity contribution < 1.29 is 0 Å². The average Bonchev–Trinajstić information content (AvgIpc) is 3.30. The Kier molecular flexibility index (Phi) is 7.98. The smallest absolute Gasteiger partial charge is 0.123 e. The molecule has 0 aliphatic rings. The van der Waals surface area contributed by atoms with Gasteiger partial charge in [0.2, 0.25) is 0 Å². The molecule has 0 spiro atoms. The number of imidazole rings is 2. The van der Waals surface area contributed by atoms with E-state index in [4.69, 9.17) is 0 Å². The molecule has 134 valence electrons. The second kappa shape index (κ2) is 10.3. The molecule has 0 amide bonds. The van der Waals surface area contributed by atoms with Crippen molar-refractivity contribution in [2.24, 2.45) is 0 Å². The first-order valence-electron chi connectivity index (χ1n) is 9.29. The van der Waals surface area contributed by atoms with Crippen LogP contribution in [0.3, 0.4) is 0 Å². The lowest BCUT2D eigenvalue weighted by Crippen LogP contribution is -2.46. The summed E-state index contributed by atoms with van der Waals surface area (Å²) in [5, 5.41) is 7.49. The lowest BCUT2D eigenvalue weighted by Gasteiger charge is -2.28. The Labute approximate surface area is 145 Å². The lowest BCUT2D eigenvalue weighted by molar-refractivity contribution is 0.298. The SMILES string of the molecule is CCCCCC(NC(CC)c1ncc[nH]1)NC(CC)c1ncc[nH]1. The van der Waals surface area contributed by atoms with Crippen LogP contribution >= 0.6 is 0 Å². The number of unbranched alkanes of at least 4 members (excludes halogenated alkanes) is 2. The van der Waals surface area contributed by atoms with Crippen molar-refractivity contribution in [2.75, 3.05) is 0 Å². The number of hydrogen-bond acceptors (Lipinski definition) is 4. The molecule has 0 saturated heterocycles. The summed E-state index contributed by atoms with van der Waals surface area (Å²) in [4.78, 5) is 15.3. The van der Waals surface area contributed by atoms with Crippen molar-refractivity contribution in [3.8, 4) is 0 Å². The molecule has 2 rings (SSSR count). The Hall–Kier alpha value is -1.66. The largest absolute Gasteiger partial charge is 0.347 e. The van der Waals surface area contributed by atoms with Crippen LogP contribution in [-0.4, -0.2) is 26.1 Å². The van der Waals surface area contributed by atoms with Crippen molar-refractivity contribution in [2.45, 2.75) is 77.5 Å². The summed E-state index contributed by atoms with van der Waals surface area (Å²) in [6.07, 6.45) is 14.4. The van der Waals surface area contributed by atoms with Gasteiger partial charge in [-0.05, 0) is 19.3 Å². The molecule has 0 aromatic carbocycles. The predicted molar refractivity (Wildman–Crippen MR) is 97.4 cm³/mol. The molecule has 0 bridgehead atoms. The van der Waals surface area contributed by atoms with E-state index in [1.807, 2.05) is 24.8 Å². The van der Waals surface area contributed by atoms with Crippen LogP contribution < -0.4 is 10.6 Å². The molecule has 6 heteroatoms. The van der Waals surface area contributed by atoms with E-state index in [-0.39, 0.29) is 18.2 Å². The van der Waals surface area contributed by atoms with Gasteiger partial charge in [-0.25, -0.2) is 9.97 Å². The van der Waals surface area contributed by atoms with Crippen LogP contribution in [-0.2, 0) is 0 Å². The van der Waals surface area contributed by atoms with Gasteiger partial charge in [-0.3, -0.25) is 10.6 Å². The average molecular weight is 332 g/mol. The minimum atomic E-state index is 0.230. The Morgan fingerprint density at radius 1 is 0.875 bits per heavy atom. The normalized spacial score (nSPS) is 15.3. The molecular weight excluding hydrogens is 300 g/mol. The molecule has 0 saturated carbocycles. The molecule has 0 fully saturated rings. The van der Waals surface area contributed by atoms with Gasteiger partial charge in [-0.1, -0.05) is 40.0 Å². The summed E-state index contributed by atoms with van der Waals surface area (Å²) in [6.45, 7) is 6.62. The van der Waals surface area contributed by atoms with Gasteiger partial charge in [0.15, 0.2) is 0 Å². The van der Waals surface area contributed by atoms with E-state index >= 15 is 0 Å². The third-order valence-electron chi connectivity index (χ3n) is 4.42. The van der Waals surface area contributed by atoms with E-state index in [9.17, 15) is 0 Å². The van der Waals surface area contributed by atoms with Gasteiger partial charge in [0.25, 0.3) is 0 Å². The second-order valence-electron chi connectivity index (χ2n) is 6.25. The van der Waals surface area contributed by atoms with Crippen LogP contribution in [0.25, 0.3) is 0 Å². The summed E-state index contributed by atoms with van der Waals surface area (Å²) in [6, 6.07) is 0.460. The van der Waals surface area contributed by atoms with E-state index in [0.29, 0.717) is 0 Å². The number of H-pyrrole nitrogens is 2. The first-order chi connectivity index (χ1) is 11.8. The fourth-order valence-corrected chi connectivity index (χ4v) is 3.02. The van der Waals surface area contributed by atoms with Gasteiger partial charge in [0, 0.05) is 24.8 Å². The Bertz CT molecular complexity index is 477. The highest BCUT2D eigenvalue weighted by molar-refractivity contribution is 4.98. The molecule has 2 aromatic rings.